The fraction of sp³-hybridized carbons (Fsp3) is 0.500. The normalized spacial score (nSPS) is 16.7. The number of carbonyl (C=O) groups is 1. The van der Waals surface area contributed by atoms with Gasteiger partial charge in [0.1, 0.15) is 28.5 Å². The molecule has 1 amide bonds. The number of nitrogens with zero attached hydrogens (tertiary/aromatic N) is 5. The van der Waals surface area contributed by atoms with Crippen molar-refractivity contribution in [2.24, 2.45) is 5.92 Å². The smallest absolute Gasteiger partial charge is 0.410 e. The van der Waals surface area contributed by atoms with Crippen LogP contribution in [0.1, 0.15) is 56.4 Å². The Bertz CT molecular complexity index is 1180. The number of imidazole rings is 1. The van der Waals surface area contributed by atoms with Crippen molar-refractivity contribution in [1.82, 2.24) is 24.3 Å². The lowest BCUT2D eigenvalue weighted by Gasteiger charge is -2.40. The quantitative estimate of drug-likeness (QED) is 0.529. The minimum absolute atomic E-state index is 0.227. The van der Waals surface area contributed by atoms with E-state index in [1.165, 1.54) is 30.3 Å². The van der Waals surface area contributed by atoms with Gasteiger partial charge in [0.15, 0.2) is 0 Å². The Hall–Kier alpha value is -2.87. The molecule has 3 aromatic heterocycles. The fourth-order valence-corrected chi connectivity index (χ4v) is 4.36. The first-order chi connectivity index (χ1) is 15.7. The lowest BCUT2D eigenvalue weighted by molar-refractivity contribution is -0.000849. The topological polar surface area (TPSA) is 84.7 Å². The predicted octanol–water partition coefficient (Wildman–Crippen LogP) is 4.68. The molecule has 0 spiro atoms. The third kappa shape index (κ3) is 5.21. The molecule has 1 N–H and O–H groups in total. The Morgan fingerprint density at radius 1 is 1.21 bits per heavy atom. The molecule has 1 saturated carbocycles. The lowest BCUT2D eigenvalue weighted by atomic mass is 9.92. The molecular weight excluding hydrogens is 440 g/mol. The largest absolute Gasteiger partial charge is 0.444 e. The summed E-state index contributed by atoms with van der Waals surface area (Å²) in [6.07, 6.45) is 8.89. The Labute approximate surface area is 198 Å². The van der Waals surface area contributed by atoms with Crippen LogP contribution < -0.4 is 5.32 Å². The van der Waals surface area contributed by atoms with E-state index >= 15 is 0 Å². The number of anilines is 1. The average molecular weight is 469 g/mol. The first-order valence-corrected chi connectivity index (χ1v) is 11.8. The lowest BCUT2D eigenvalue weighted by Crippen LogP contribution is -2.52. The van der Waals surface area contributed by atoms with Crippen LogP contribution in [0.3, 0.4) is 0 Å². The standard InChI is InChI=1S/C24H29ClN6O2/c1-24(2,3)33-23(32)31-10-15(11-31)6-17-7-18(16-4-5-16)12-30-13-19(29-22(17)30)9-26-21-8-20(25)27-14-28-21/h7-8,12-16H,4-6,9-11H2,1-3H3,(H,26,27,28). The van der Waals surface area contributed by atoms with Crippen molar-refractivity contribution in [1.29, 1.82) is 0 Å². The Kier molecular flexibility index (Phi) is 5.64. The minimum Gasteiger partial charge on any atom is -0.444 e. The van der Waals surface area contributed by atoms with Crippen LogP contribution in [0.2, 0.25) is 5.15 Å². The monoisotopic (exact) mass is 468 g/mol. The number of carbonyl (C=O) groups excluding carboxylic acids is 1. The van der Waals surface area contributed by atoms with E-state index in [2.05, 4.69) is 38.1 Å². The summed E-state index contributed by atoms with van der Waals surface area (Å²) in [7, 11) is 0. The second-order valence-electron chi connectivity index (χ2n) is 10.1. The maximum Gasteiger partial charge on any atom is 0.410 e. The first kappa shape index (κ1) is 21.9. The van der Waals surface area contributed by atoms with Gasteiger partial charge >= 0.3 is 6.09 Å². The van der Waals surface area contributed by atoms with Gasteiger partial charge in [0.2, 0.25) is 0 Å². The van der Waals surface area contributed by atoms with E-state index in [1.807, 2.05) is 20.8 Å². The number of hydrogen-bond acceptors (Lipinski definition) is 6. The molecule has 9 heteroatoms. The number of fused-ring (bicyclic) bond motifs is 1. The molecular formula is C24H29ClN6O2. The second-order valence-corrected chi connectivity index (χ2v) is 10.5. The zero-order valence-corrected chi connectivity index (χ0v) is 20.0. The van der Waals surface area contributed by atoms with E-state index in [4.69, 9.17) is 21.3 Å². The number of likely N-dealkylation sites (tertiary alicyclic amines) is 1. The van der Waals surface area contributed by atoms with Crippen molar-refractivity contribution in [3.63, 3.8) is 0 Å². The zero-order valence-electron chi connectivity index (χ0n) is 19.2. The number of nitrogens with one attached hydrogen (secondary N) is 1. The van der Waals surface area contributed by atoms with Crippen LogP contribution in [0.5, 0.6) is 0 Å². The van der Waals surface area contributed by atoms with E-state index in [9.17, 15) is 4.79 Å². The molecule has 0 bridgehead atoms. The first-order valence-electron chi connectivity index (χ1n) is 11.4. The summed E-state index contributed by atoms with van der Waals surface area (Å²) in [5, 5.41) is 3.66. The molecule has 174 valence electrons. The number of aromatic nitrogens is 4. The second kappa shape index (κ2) is 8.48. The number of ether oxygens (including phenoxy) is 1. The number of pyridine rings is 1. The highest BCUT2D eigenvalue weighted by molar-refractivity contribution is 6.29. The number of hydrogen-bond donors (Lipinski definition) is 1. The molecule has 33 heavy (non-hydrogen) atoms. The molecule has 0 unspecified atom stereocenters. The summed E-state index contributed by atoms with van der Waals surface area (Å²) in [5.74, 6) is 1.74. The van der Waals surface area contributed by atoms with Crippen LogP contribution in [-0.2, 0) is 17.7 Å². The van der Waals surface area contributed by atoms with E-state index < -0.39 is 5.60 Å². The van der Waals surface area contributed by atoms with Crippen LogP contribution >= 0.6 is 11.6 Å². The Morgan fingerprint density at radius 3 is 2.70 bits per heavy atom. The molecule has 4 heterocycles. The van der Waals surface area contributed by atoms with Crippen LogP contribution in [0, 0.1) is 5.92 Å². The van der Waals surface area contributed by atoms with Gasteiger partial charge in [0.25, 0.3) is 0 Å². The molecule has 1 saturated heterocycles. The molecule has 5 rings (SSSR count). The highest BCUT2D eigenvalue weighted by Crippen LogP contribution is 2.41. The van der Waals surface area contributed by atoms with Gasteiger partial charge in [-0.25, -0.2) is 19.7 Å². The predicted molar refractivity (Wildman–Crippen MR) is 127 cm³/mol. The fourth-order valence-electron chi connectivity index (χ4n) is 4.22. The third-order valence-electron chi connectivity index (χ3n) is 5.95. The summed E-state index contributed by atoms with van der Waals surface area (Å²) in [6.45, 7) is 7.67. The van der Waals surface area contributed by atoms with E-state index in [-0.39, 0.29) is 6.09 Å². The maximum absolute atomic E-state index is 12.3. The molecule has 2 aliphatic rings. The number of rotatable bonds is 6. The van der Waals surface area contributed by atoms with Crippen molar-refractivity contribution in [3.8, 4) is 0 Å². The summed E-state index contributed by atoms with van der Waals surface area (Å²) in [6, 6.07) is 4.01. The van der Waals surface area contributed by atoms with Crippen LogP contribution in [0.25, 0.3) is 5.65 Å². The molecule has 8 nitrogen and oxygen atoms in total. The maximum atomic E-state index is 12.3. The summed E-state index contributed by atoms with van der Waals surface area (Å²) in [5.41, 5.74) is 4.06. The van der Waals surface area contributed by atoms with Gasteiger partial charge in [-0.1, -0.05) is 17.7 Å². The highest BCUT2D eigenvalue weighted by atomic mass is 35.5. The van der Waals surface area contributed by atoms with E-state index in [1.54, 1.807) is 11.0 Å². The van der Waals surface area contributed by atoms with Gasteiger partial charge in [-0.05, 0) is 63.0 Å². The third-order valence-corrected chi connectivity index (χ3v) is 6.16. The van der Waals surface area contributed by atoms with Crippen molar-refractivity contribution in [2.75, 3.05) is 18.4 Å². The van der Waals surface area contributed by atoms with Crippen LogP contribution in [-0.4, -0.2) is 49.0 Å². The molecule has 3 aromatic rings. The highest BCUT2D eigenvalue weighted by Gasteiger charge is 2.34. The minimum atomic E-state index is -0.468. The molecule has 0 aromatic carbocycles. The van der Waals surface area contributed by atoms with Crippen molar-refractivity contribution in [3.05, 3.63) is 52.8 Å². The summed E-state index contributed by atoms with van der Waals surface area (Å²) >= 11 is 5.95. The van der Waals surface area contributed by atoms with Gasteiger partial charge in [-0.3, -0.25) is 0 Å². The number of halogens is 1. The van der Waals surface area contributed by atoms with Crippen molar-refractivity contribution in [2.45, 2.75) is 58.1 Å². The van der Waals surface area contributed by atoms with Gasteiger partial charge in [0.05, 0.1) is 12.2 Å². The van der Waals surface area contributed by atoms with E-state index in [0.717, 1.165) is 30.9 Å². The van der Waals surface area contributed by atoms with Crippen molar-refractivity contribution < 1.29 is 9.53 Å². The van der Waals surface area contributed by atoms with Gasteiger partial charge in [-0.15, -0.1) is 0 Å². The Morgan fingerprint density at radius 2 is 2.00 bits per heavy atom. The number of amides is 1. The SMILES string of the molecule is CC(C)(C)OC(=O)N1CC(Cc2cc(C3CC3)cn3cc(CNc4cc(Cl)ncn4)nc23)C1. The summed E-state index contributed by atoms with van der Waals surface area (Å²) < 4.78 is 7.64. The summed E-state index contributed by atoms with van der Waals surface area (Å²) in [4.78, 5) is 27.1. The van der Waals surface area contributed by atoms with Crippen LogP contribution in [0.15, 0.2) is 30.9 Å². The zero-order chi connectivity index (χ0) is 23.2. The molecule has 1 aliphatic carbocycles. The van der Waals surface area contributed by atoms with E-state index in [0.29, 0.717) is 29.4 Å². The Balaban J connectivity index is 1.30. The molecule has 0 atom stereocenters. The average Bonchev–Trinajstić information content (AvgIpc) is 3.47. The van der Waals surface area contributed by atoms with Crippen molar-refractivity contribution >= 4 is 29.2 Å². The molecule has 1 aliphatic heterocycles. The van der Waals surface area contributed by atoms with Gasteiger partial charge in [-0.2, -0.15) is 0 Å². The van der Waals surface area contributed by atoms with Gasteiger partial charge < -0.3 is 19.4 Å². The molecule has 2 fully saturated rings. The van der Waals surface area contributed by atoms with Gasteiger partial charge in [0, 0.05) is 31.5 Å². The molecule has 0 radical (unpaired) electrons. The van der Waals surface area contributed by atoms with Crippen LogP contribution in [0.4, 0.5) is 10.6 Å².